The van der Waals surface area contributed by atoms with E-state index in [-0.39, 0.29) is 24.3 Å². The Morgan fingerprint density at radius 1 is 1.00 bits per heavy atom. The molecule has 3 aromatic rings. The third-order valence-corrected chi connectivity index (χ3v) is 4.42. The zero-order chi connectivity index (χ0) is 23.0. The van der Waals surface area contributed by atoms with Crippen LogP contribution in [0.4, 0.5) is 13.2 Å². The van der Waals surface area contributed by atoms with Crippen molar-refractivity contribution >= 4 is 11.8 Å². The number of amides is 2. The molecule has 0 aliphatic carbocycles. The Balaban J connectivity index is 1.65. The number of nitrogens with one attached hydrogen (secondary N) is 2. The van der Waals surface area contributed by atoms with E-state index in [9.17, 15) is 22.8 Å². The van der Waals surface area contributed by atoms with Gasteiger partial charge in [0, 0.05) is 12.0 Å². The molecular weight excluding hydrogens is 421 g/mol. The first-order valence-corrected chi connectivity index (χ1v) is 9.65. The Kier molecular flexibility index (Phi) is 7.34. The SMILES string of the molecule is O=C(NC(Cc1ccccc1)C(=O)NCC#Cc1cccc(C(F)(F)F)c1)c1ccco1. The highest BCUT2D eigenvalue weighted by atomic mass is 19.4. The Bertz CT molecular complexity index is 1110. The van der Waals surface area contributed by atoms with Gasteiger partial charge >= 0.3 is 6.18 Å². The van der Waals surface area contributed by atoms with E-state index < -0.39 is 29.6 Å². The molecule has 0 saturated heterocycles. The Labute approximate surface area is 182 Å². The van der Waals surface area contributed by atoms with E-state index >= 15 is 0 Å². The Morgan fingerprint density at radius 2 is 1.78 bits per heavy atom. The first-order valence-electron chi connectivity index (χ1n) is 9.65. The minimum Gasteiger partial charge on any atom is -0.459 e. The normalized spacial score (nSPS) is 11.7. The fraction of sp³-hybridized carbons (Fsp3) is 0.167. The third kappa shape index (κ3) is 6.51. The van der Waals surface area contributed by atoms with Crippen molar-refractivity contribution in [2.75, 3.05) is 6.54 Å². The van der Waals surface area contributed by atoms with E-state index in [1.807, 2.05) is 30.3 Å². The number of rotatable bonds is 6. The summed E-state index contributed by atoms with van der Waals surface area (Å²) in [5.74, 6) is 4.28. The van der Waals surface area contributed by atoms with Crippen LogP contribution in [0, 0.1) is 11.8 Å². The van der Waals surface area contributed by atoms with Gasteiger partial charge in [0.2, 0.25) is 5.91 Å². The Morgan fingerprint density at radius 3 is 2.47 bits per heavy atom. The fourth-order valence-corrected chi connectivity index (χ4v) is 2.87. The lowest BCUT2D eigenvalue weighted by Gasteiger charge is -2.17. The van der Waals surface area contributed by atoms with E-state index in [0.717, 1.165) is 17.7 Å². The summed E-state index contributed by atoms with van der Waals surface area (Å²) in [4.78, 5) is 25.0. The standard InChI is InChI=1S/C24H19F3N2O3/c25-24(26,27)19-11-4-9-17(15-19)10-5-13-28-22(30)20(16-18-7-2-1-3-8-18)29-23(31)21-12-6-14-32-21/h1-4,6-9,11-12,14-15,20H,13,16H2,(H,28,30)(H,29,31). The van der Waals surface area contributed by atoms with Crippen molar-refractivity contribution in [1.29, 1.82) is 0 Å². The molecule has 0 fully saturated rings. The molecule has 1 heterocycles. The average Bonchev–Trinajstić information content (AvgIpc) is 3.32. The lowest BCUT2D eigenvalue weighted by Crippen LogP contribution is -2.48. The highest BCUT2D eigenvalue weighted by Gasteiger charge is 2.30. The maximum Gasteiger partial charge on any atom is 0.416 e. The minimum atomic E-state index is -4.46. The highest BCUT2D eigenvalue weighted by Crippen LogP contribution is 2.29. The zero-order valence-corrected chi connectivity index (χ0v) is 16.8. The van der Waals surface area contributed by atoms with Crippen LogP contribution in [0.2, 0.25) is 0 Å². The molecule has 0 radical (unpaired) electrons. The molecule has 8 heteroatoms. The summed E-state index contributed by atoms with van der Waals surface area (Å²) in [6, 6.07) is 15.9. The predicted molar refractivity (Wildman–Crippen MR) is 111 cm³/mol. The van der Waals surface area contributed by atoms with Crippen molar-refractivity contribution in [3.8, 4) is 11.8 Å². The second-order valence-electron chi connectivity index (χ2n) is 6.79. The summed E-state index contributed by atoms with van der Waals surface area (Å²) >= 11 is 0. The molecule has 0 bridgehead atoms. The number of hydrogen-bond donors (Lipinski definition) is 2. The second kappa shape index (κ2) is 10.4. The molecule has 1 aromatic heterocycles. The summed E-state index contributed by atoms with van der Waals surface area (Å²) < 4.78 is 43.4. The summed E-state index contributed by atoms with van der Waals surface area (Å²) in [6.45, 7) is -0.100. The number of carbonyl (C=O) groups is 2. The topological polar surface area (TPSA) is 71.3 Å². The average molecular weight is 440 g/mol. The summed E-state index contributed by atoms with van der Waals surface area (Å²) in [5.41, 5.74) is 0.223. The largest absolute Gasteiger partial charge is 0.459 e. The quantitative estimate of drug-likeness (QED) is 0.573. The van der Waals surface area contributed by atoms with Crippen molar-refractivity contribution in [2.45, 2.75) is 18.6 Å². The lowest BCUT2D eigenvalue weighted by atomic mass is 10.1. The van der Waals surface area contributed by atoms with Gasteiger partial charge in [0.15, 0.2) is 5.76 Å². The van der Waals surface area contributed by atoms with Crippen LogP contribution in [-0.2, 0) is 17.4 Å². The van der Waals surface area contributed by atoms with Gasteiger partial charge in [0.1, 0.15) is 6.04 Å². The van der Waals surface area contributed by atoms with Crippen molar-refractivity contribution < 1.29 is 27.2 Å². The summed E-state index contributed by atoms with van der Waals surface area (Å²) in [6.07, 6.45) is -2.87. The predicted octanol–water partition coefficient (Wildman–Crippen LogP) is 3.81. The third-order valence-electron chi connectivity index (χ3n) is 4.42. The van der Waals surface area contributed by atoms with Gasteiger partial charge in [-0.3, -0.25) is 9.59 Å². The molecule has 0 aliphatic heterocycles. The van der Waals surface area contributed by atoms with E-state index in [1.54, 1.807) is 6.07 Å². The Hall–Kier alpha value is -3.99. The van der Waals surface area contributed by atoms with E-state index in [1.165, 1.54) is 24.5 Å². The molecule has 0 saturated carbocycles. The molecule has 0 aliphatic rings. The van der Waals surface area contributed by atoms with Gasteiger partial charge in [0.05, 0.1) is 18.4 Å². The van der Waals surface area contributed by atoms with Gasteiger partial charge in [-0.25, -0.2) is 0 Å². The molecule has 164 valence electrons. The van der Waals surface area contributed by atoms with Gasteiger partial charge in [-0.05, 0) is 35.9 Å². The molecule has 32 heavy (non-hydrogen) atoms. The molecule has 1 atom stereocenters. The first kappa shape index (κ1) is 22.7. The minimum absolute atomic E-state index is 0.0696. The van der Waals surface area contributed by atoms with Crippen molar-refractivity contribution in [3.05, 3.63) is 95.4 Å². The second-order valence-corrected chi connectivity index (χ2v) is 6.79. The van der Waals surface area contributed by atoms with E-state index in [0.29, 0.717) is 0 Å². The number of carbonyl (C=O) groups excluding carboxylic acids is 2. The van der Waals surface area contributed by atoms with Crippen LogP contribution >= 0.6 is 0 Å². The van der Waals surface area contributed by atoms with Crippen LogP contribution in [0.1, 0.15) is 27.2 Å². The summed E-state index contributed by atoms with van der Waals surface area (Å²) in [7, 11) is 0. The molecule has 2 aromatic carbocycles. The molecule has 5 nitrogen and oxygen atoms in total. The van der Waals surface area contributed by atoms with Crippen molar-refractivity contribution in [3.63, 3.8) is 0 Å². The number of alkyl halides is 3. The number of hydrogen-bond acceptors (Lipinski definition) is 3. The van der Waals surface area contributed by atoms with Crippen LogP contribution in [-0.4, -0.2) is 24.4 Å². The monoisotopic (exact) mass is 440 g/mol. The maximum atomic E-state index is 12.8. The van der Waals surface area contributed by atoms with Crippen molar-refractivity contribution in [2.24, 2.45) is 0 Å². The number of benzene rings is 2. The van der Waals surface area contributed by atoms with Gasteiger partial charge in [-0.2, -0.15) is 13.2 Å². The van der Waals surface area contributed by atoms with E-state index in [4.69, 9.17) is 4.42 Å². The number of halogens is 3. The zero-order valence-electron chi connectivity index (χ0n) is 16.8. The molecule has 3 rings (SSSR count). The summed E-state index contributed by atoms with van der Waals surface area (Å²) in [5, 5.41) is 5.22. The van der Waals surface area contributed by atoms with Crippen LogP contribution in [0.15, 0.2) is 77.4 Å². The fourth-order valence-electron chi connectivity index (χ4n) is 2.87. The molecule has 2 N–H and O–H groups in total. The number of furan rings is 1. The van der Waals surface area contributed by atoms with Gasteiger partial charge in [-0.1, -0.05) is 48.2 Å². The van der Waals surface area contributed by atoms with Crippen LogP contribution in [0.25, 0.3) is 0 Å². The van der Waals surface area contributed by atoms with Crippen LogP contribution in [0.5, 0.6) is 0 Å². The van der Waals surface area contributed by atoms with E-state index in [2.05, 4.69) is 22.5 Å². The molecule has 1 unspecified atom stereocenters. The molecule has 2 amide bonds. The van der Waals surface area contributed by atoms with Gasteiger partial charge < -0.3 is 15.1 Å². The van der Waals surface area contributed by atoms with Gasteiger partial charge in [-0.15, -0.1) is 0 Å². The smallest absolute Gasteiger partial charge is 0.416 e. The molecular formula is C24H19F3N2O3. The lowest BCUT2D eigenvalue weighted by molar-refractivity contribution is -0.137. The maximum absolute atomic E-state index is 12.8. The van der Waals surface area contributed by atoms with Crippen molar-refractivity contribution in [1.82, 2.24) is 10.6 Å². The first-order chi connectivity index (χ1) is 15.3. The van der Waals surface area contributed by atoms with Crippen LogP contribution < -0.4 is 10.6 Å². The molecule has 0 spiro atoms. The van der Waals surface area contributed by atoms with Gasteiger partial charge in [0.25, 0.3) is 5.91 Å². The van der Waals surface area contributed by atoms with Crippen LogP contribution in [0.3, 0.4) is 0 Å². The highest BCUT2D eigenvalue weighted by molar-refractivity contribution is 5.95.